The molecule has 2 atom stereocenters. The standard InChI is InChI=1S/C18H14BrClO3/c19-11-3-6-16(20)13(7-11)17(21)10-1-4-12(5-2-10)23-18-14-8-22-9-15(14)18/h1-7,14-15,18H,8-9H2. The first-order valence-electron chi connectivity index (χ1n) is 7.48. The van der Waals surface area contributed by atoms with Crippen LogP contribution in [0.1, 0.15) is 15.9 Å². The Morgan fingerprint density at radius 2 is 1.83 bits per heavy atom. The van der Waals surface area contributed by atoms with Gasteiger partial charge in [0.2, 0.25) is 0 Å². The highest BCUT2D eigenvalue weighted by atomic mass is 79.9. The zero-order valence-corrected chi connectivity index (χ0v) is 14.5. The molecule has 1 heterocycles. The van der Waals surface area contributed by atoms with Crippen LogP contribution in [0.2, 0.25) is 5.02 Å². The van der Waals surface area contributed by atoms with Crippen LogP contribution in [-0.2, 0) is 4.74 Å². The van der Waals surface area contributed by atoms with Gasteiger partial charge >= 0.3 is 0 Å². The van der Waals surface area contributed by atoms with Crippen LogP contribution in [-0.4, -0.2) is 25.1 Å². The molecular weight excluding hydrogens is 380 g/mol. The fraction of sp³-hybridized carbons (Fsp3) is 0.278. The lowest BCUT2D eigenvalue weighted by molar-refractivity contribution is 0.103. The zero-order valence-electron chi connectivity index (χ0n) is 12.2. The summed E-state index contributed by atoms with van der Waals surface area (Å²) in [5.74, 6) is 1.77. The minimum Gasteiger partial charge on any atom is -0.490 e. The van der Waals surface area contributed by atoms with Gasteiger partial charge in [0.05, 0.1) is 18.2 Å². The van der Waals surface area contributed by atoms with Crippen molar-refractivity contribution in [3.8, 4) is 5.75 Å². The number of ether oxygens (including phenoxy) is 2. The summed E-state index contributed by atoms with van der Waals surface area (Å²) >= 11 is 9.49. The van der Waals surface area contributed by atoms with E-state index in [4.69, 9.17) is 21.1 Å². The van der Waals surface area contributed by atoms with Gasteiger partial charge in [-0.15, -0.1) is 0 Å². The van der Waals surface area contributed by atoms with Gasteiger partial charge in [-0.1, -0.05) is 27.5 Å². The summed E-state index contributed by atoms with van der Waals surface area (Å²) < 4.78 is 12.1. The van der Waals surface area contributed by atoms with Gasteiger partial charge in [-0.2, -0.15) is 0 Å². The smallest absolute Gasteiger partial charge is 0.194 e. The number of rotatable bonds is 4. The molecule has 2 unspecified atom stereocenters. The molecule has 2 fully saturated rings. The van der Waals surface area contributed by atoms with Crippen LogP contribution in [0.3, 0.4) is 0 Å². The van der Waals surface area contributed by atoms with Crippen molar-refractivity contribution < 1.29 is 14.3 Å². The van der Waals surface area contributed by atoms with Crippen LogP contribution in [0.25, 0.3) is 0 Å². The van der Waals surface area contributed by atoms with Crippen molar-refractivity contribution in [3.05, 3.63) is 63.1 Å². The van der Waals surface area contributed by atoms with Crippen LogP contribution < -0.4 is 4.74 Å². The molecule has 0 amide bonds. The maximum absolute atomic E-state index is 12.6. The van der Waals surface area contributed by atoms with Crippen LogP contribution >= 0.6 is 27.5 Å². The second kappa shape index (κ2) is 5.93. The lowest BCUT2D eigenvalue weighted by Crippen LogP contribution is -2.10. The number of hydrogen-bond acceptors (Lipinski definition) is 3. The molecule has 0 bridgehead atoms. The summed E-state index contributed by atoms with van der Waals surface area (Å²) in [4.78, 5) is 12.6. The lowest BCUT2D eigenvalue weighted by Gasteiger charge is -2.09. The Kier molecular flexibility index (Phi) is 3.92. The predicted molar refractivity (Wildman–Crippen MR) is 91.2 cm³/mol. The number of carbonyl (C=O) groups excluding carboxylic acids is 1. The van der Waals surface area contributed by atoms with E-state index >= 15 is 0 Å². The van der Waals surface area contributed by atoms with Gasteiger partial charge in [-0.25, -0.2) is 0 Å². The van der Waals surface area contributed by atoms with Gasteiger partial charge in [-0.05, 0) is 42.5 Å². The van der Waals surface area contributed by atoms with Crippen molar-refractivity contribution in [1.29, 1.82) is 0 Å². The number of fused-ring (bicyclic) bond motifs is 1. The third-order valence-electron chi connectivity index (χ3n) is 4.44. The summed E-state index contributed by atoms with van der Waals surface area (Å²) in [5, 5.41) is 0.448. The first-order chi connectivity index (χ1) is 11.1. The molecule has 0 N–H and O–H groups in total. The van der Waals surface area contributed by atoms with Gasteiger partial charge in [0.1, 0.15) is 11.9 Å². The van der Waals surface area contributed by atoms with E-state index in [1.807, 2.05) is 18.2 Å². The first kappa shape index (κ1) is 15.2. The van der Waals surface area contributed by atoms with E-state index < -0.39 is 0 Å². The van der Waals surface area contributed by atoms with E-state index in [1.165, 1.54) is 0 Å². The summed E-state index contributed by atoms with van der Waals surface area (Å²) in [6, 6.07) is 12.5. The highest BCUT2D eigenvalue weighted by Crippen LogP contribution is 2.46. The molecule has 2 aromatic rings. The van der Waals surface area contributed by atoms with E-state index in [9.17, 15) is 4.79 Å². The Hall–Kier alpha value is -1.36. The number of ketones is 1. The lowest BCUT2D eigenvalue weighted by atomic mass is 10.0. The van der Waals surface area contributed by atoms with E-state index in [2.05, 4.69) is 15.9 Å². The van der Waals surface area contributed by atoms with Crippen LogP contribution in [0, 0.1) is 11.8 Å². The molecule has 118 valence electrons. The SMILES string of the molecule is O=C(c1ccc(OC2C3COCC32)cc1)c1cc(Br)ccc1Cl. The molecule has 0 radical (unpaired) electrons. The molecule has 2 aromatic carbocycles. The number of hydrogen-bond donors (Lipinski definition) is 0. The zero-order chi connectivity index (χ0) is 16.0. The Bertz CT molecular complexity index is 749. The monoisotopic (exact) mass is 392 g/mol. The normalized spacial score (nSPS) is 25.0. The Balaban J connectivity index is 1.49. The molecule has 4 rings (SSSR count). The molecule has 23 heavy (non-hydrogen) atoms. The Morgan fingerprint density at radius 1 is 1.13 bits per heavy atom. The van der Waals surface area contributed by atoms with Gasteiger partial charge in [0.25, 0.3) is 0 Å². The molecule has 1 aliphatic heterocycles. The van der Waals surface area contributed by atoms with Crippen LogP contribution in [0.5, 0.6) is 5.75 Å². The Morgan fingerprint density at radius 3 is 2.52 bits per heavy atom. The van der Waals surface area contributed by atoms with Crippen LogP contribution in [0.4, 0.5) is 0 Å². The highest BCUT2D eigenvalue weighted by molar-refractivity contribution is 9.10. The molecule has 0 spiro atoms. The molecule has 1 saturated heterocycles. The summed E-state index contributed by atoms with van der Waals surface area (Å²) in [6.45, 7) is 1.60. The van der Waals surface area contributed by atoms with Crippen molar-refractivity contribution in [1.82, 2.24) is 0 Å². The fourth-order valence-electron chi connectivity index (χ4n) is 3.03. The van der Waals surface area contributed by atoms with Crippen molar-refractivity contribution in [2.24, 2.45) is 11.8 Å². The third-order valence-corrected chi connectivity index (χ3v) is 5.26. The second-order valence-corrected chi connectivity index (χ2v) is 7.25. The minimum absolute atomic E-state index is 0.0976. The highest BCUT2D eigenvalue weighted by Gasteiger charge is 2.56. The third kappa shape index (κ3) is 2.91. The maximum atomic E-state index is 12.6. The molecule has 5 heteroatoms. The predicted octanol–water partition coefficient (Wildman–Crippen LogP) is 4.36. The fourth-order valence-corrected chi connectivity index (χ4v) is 3.60. The maximum Gasteiger partial charge on any atom is 0.194 e. The van der Waals surface area contributed by atoms with Gasteiger partial charge in [-0.3, -0.25) is 4.79 Å². The number of carbonyl (C=O) groups is 1. The first-order valence-corrected chi connectivity index (χ1v) is 8.65. The van der Waals surface area contributed by atoms with E-state index in [0.717, 1.165) is 23.4 Å². The van der Waals surface area contributed by atoms with E-state index in [0.29, 0.717) is 28.0 Å². The second-order valence-electron chi connectivity index (χ2n) is 5.93. The average Bonchev–Trinajstić information content (AvgIpc) is 2.97. The summed E-state index contributed by atoms with van der Waals surface area (Å²) in [6.07, 6.45) is 0.268. The largest absolute Gasteiger partial charge is 0.490 e. The molecule has 1 aliphatic carbocycles. The average molecular weight is 394 g/mol. The van der Waals surface area contributed by atoms with E-state index in [-0.39, 0.29) is 11.9 Å². The molecular formula is C18H14BrClO3. The summed E-state index contributed by atoms with van der Waals surface area (Å²) in [5.41, 5.74) is 1.08. The van der Waals surface area contributed by atoms with Gasteiger partial charge in [0.15, 0.2) is 5.78 Å². The van der Waals surface area contributed by atoms with Crippen molar-refractivity contribution in [3.63, 3.8) is 0 Å². The number of halogens is 2. The minimum atomic E-state index is -0.0976. The van der Waals surface area contributed by atoms with Crippen LogP contribution in [0.15, 0.2) is 46.9 Å². The van der Waals surface area contributed by atoms with Crippen molar-refractivity contribution >= 4 is 33.3 Å². The van der Waals surface area contributed by atoms with Crippen molar-refractivity contribution in [2.75, 3.05) is 13.2 Å². The van der Waals surface area contributed by atoms with Gasteiger partial charge < -0.3 is 9.47 Å². The van der Waals surface area contributed by atoms with E-state index in [1.54, 1.807) is 24.3 Å². The Labute approximate surface area is 147 Å². The quantitative estimate of drug-likeness (QED) is 0.724. The molecule has 2 aliphatic rings. The molecule has 3 nitrogen and oxygen atoms in total. The molecule has 1 saturated carbocycles. The number of benzene rings is 2. The van der Waals surface area contributed by atoms with Gasteiger partial charge in [0, 0.05) is 27.4 Å². The van der Waals surface area contributed by atoms with Crippen molar-refractivity contribution in [2.45, 2.75) is 6.10 Å². The summed E-state index contributed by atoms with van der Waals surface area (Å²) in [7, 11) is 0. The molecule has 0 aromatic heterocycles. The topological polar surface area (TPSA) is 35.5 Å².